The molecule has 3 radical (unpaired) electrons. The van der Waals surface area contributed by atoms with Crippen molar-refractivity contribution in [2.75, 3.05) is 71.1 Å². The fourth-order valence-corrected chi connectivity index (χ4v) is 12.0. The molecule has 9 aromatic rings. The van der Waals surface area contributed by atoms with Crippen molar-refractivity contribution in [3.8, 4) is 45.3 Å². The van der Waals surface area contributed by atoms with Crippen molar-refractivity contribution in [2.24, 2.45) is 35.2 Å². The summed E-state index contributed by atoms with van der Waals surface area (Å²) in [4.78, 5) is 73.7. The van der Waals surface area contributed by atoms with Crippen molar-refractivity contribution in [2.45, 2.75) is 39.7 Å². The summed E-state index contributed by atoms with van der Waals surface area (Å²) in [6.07, 6.45) is 8.07. The van der Waals surface area contributed by atoms with Gasteiger partial charge in [-0.25, -0.2) is 39.2 Å². The van der Waals surface area contributed by atoms with Crippen LogP contribution in [0.15, 0.2) is 183 Å². The maximum Gasteiger partial charge on any atom is 1.00 e. The van der Waals surface area contributed by atoms with E-state index in [2.05, 4.69) is 64.4 Å². The van der Waals surface area contributed by atoms with Crippen LogP contribution >= 0.6 is 70.1 Å². The first-order valence-corrected chi connectivity index (χ1v) is 37.5. The molecule has 38 heteroatoms. The molecule has 0 spiro atoms. The van der Waals surface area contributed by atoms with Crippen molar-refractivity contribution < 1.29 is 83.0 Å². The molecule has 6 N–H and O–H groups in total. The number of amides is 1. The van der Waals surface area contributed by atoms with Gasteiger partial charge < -0.3 is 70.1 Å². The summed E-state index contributed by atoms with van der Waals surface area (Å²) in [6.45, 7) is 15.1. The van der Waals surface area contributed by atoms with Crippen LogP contribution in [0.3, 0.4) is 0 Å². The topological polar surface area (TPSA) is 329 Å². The molecular weight excluding hydrogens is 1700 g/mol. The van der Waals surface area contributed by atoms with E-state index in [9.17, 15) is 63.2 Å². The number of nitrogens with zero attached hydrogens (tertiary/aromatic N) is 8. The molecule has 0 aliphatic carbocycles. The molecule has 108 heavy (non-hydrogen) atoms. The second kappa shape index (κ2) is 44.2. The van der Waals surface area contributed by atoms with Crippen molar-refractivity contribution in [3.63, 3.8) is 0 Å². The average molecular weight is 1780 g/mol. The summed E-state index contributed by atoms with van der Waals surface area (Å²) in [5.74, 6) is -3.03. The standard InChI is InChI=1S/C22H20F2N2O4S.C20H19F2N3O2.C11H15BrN2O3.C8H11BrN2O.C6H7BrN2O.C2H4Cl2O2S.CN.B.Na/c1-4-14-10-15(13-26(3)22(14)27)18-12-17(25-31(28,29)5-2)7-9-20(18)30-21-8-6-16(23)11-19(21)24;1-24(2)17-8-12(11-25(3)20(17)26)15-10-14(23)5-7-18(15)27-19-6-4-13(21)9-16(19)22;1-11(2,3)17-10(16)13-8-5-7(12)6-14(4)9(8)15;1-10(2)7-4-6(9)5-11(3)8(7)12;1-9-3-4(7)2-5(8)6(9)10;3-1-2-7(4,5)6;1-2;;/h5-13,25H,2,4H2,1,3H3;4-11H,23H2,1-3H3;5-6H,1-4H3,(H,13,16);4-5H,1-3H3;2-3H,8H2,1H3;1-2H2;;;/q;;;;;;-1;;+1. The third kappa shape index (κ3) is 31.2. The molecule has 5 aromatic heterocycles. The molecule has 0 saturated carbocycles. The molecule has 0 saturated heterocycles. The molecule has 573 valence electrons. The smallest absolute Gasteiger partial charge is 0.512 e. The third-order valence-electron chi connectivity index (χ3n) is 13.5. The molecule has 25 nitrogen and oxygen atoms in total. The number of nitrogen functional groups attached to an aromatic ring is 2. The van der Waals surface area contributed by atoms with E-state index in [1.165, 1.54) is 48.6 Å². The van der Waals surface area contributed by atoms with E-state index in [4.69, 9.17) is 59.8 Å². The maximum atomic E-state index is 14.1. The van der Waals surface area contributed by atoms with E-state index in [0.29, 0.717) is 67.6 Å². The van der Waals surface area contributed by atoms with Gasteiger partial charge in [0.25, 0.3) is 37.8 Å². The largest absolute Gasteiger partial charge is 1.00 e. The minimum absolute atomic E-state index is 0. The van der Waals surface area contributed by atoms with Crippen LogP contribution in [0.4, 0.5) is 56.5 Å². The molecule has 5 heterocycles. The maximum absolute atomic E-state index is 14.1. The summed E-state index contributed by atoms with van der Waals surface area (Å²) >= 11 is 14.8. The van der Waals surface area contributed by atoms with E-state index in [1.807, 2.05) is 27.1 Å². The van der Waals surface area contributed by atoms with Crippen LogP contribution in [0.5, 0.6) is 23.0 Å². The molecule has 1 amide bonds. The molecule has 4 aromatic carbocycles. The zero-order chi connectivity index (χ0) is 80.6. The van der Waals surface area contributed by atoms with Crippen molar-refractivity contribution >= 4 is 138 Å². The molecule has 0 atom stereocenters. The number of pyridine rings is 5. The Morgan fingerprint density at radius 2 is 1.03 bits per heavy atom. The number of aryl methyl sites for hydroxylation is 6. The first kappa shape index (κ1) is 97.4. The van der Waals surface area contributed by atoms with Gasteiger partial charge in [0.1, 0.15) is 45.8 Å². The molecule has 9 rings (SSSR count). The van der Waals surface area contributed by atoms with E-state index in [-0.39, 0.29) is 112 Å². The van der Waals surface area contributed by atoms with Gasteiger partial charge >= 0.3 is 35.7 Å². The number of halogens is 9. The molecule has 0 bridgehead atoms. The number of hydrogen-bond acceptors (Lipinski definition) is 18. The van der Waals surface area contributed by atoms with Crippen LogP contribution < -0.4 is 98.1 Å². The second-order valence-corrected chi connectivity index (χ2v) is 31.2. The Hall–Kier alpha value is -8.57. The number of carbonyl (C=O) groups is 1. The SMILES string of the molecule is C=CS(=O)(=O)Nc1ccc(Oc2ccc(F)cc2F)c(-c2cc(CC)c(=O)n(C)c2)c1.CN(C)c1cc(-c2cc(N)ccc2Oc2ccc(F)cc2F)cn(C)c1=O.CN(C)c1cc(Br)cn(C)c1=O.Cn1cc(Br)cc(N)c1=O.Cn1cc(Br)cc(NC(=O)OC(C)(C)C)c1=O.O=S(=O)(Cl)CCCl.[B].[C-]#N.[Na+]. The summed E-state index contributed by atoms with van der Waals surface area (Å²) < 4.78 is 126. The number of hydrogen-bond donors (Lipinski definition) is 4. The van der Waals surface area contributed by atoms with E-state index >= 15 is 0 Å². The van der Waals surface area contributed by atoms with Crippen molar-refractivity contribution in [1.29, 1.82) is 5.26 Å². The monoisotopic (exact) mass is 1770 g/mol. The molecule has 0 fully saturated rings. The Morgan fingerprint density at radius 1 is 0.611 bits per heavy atom. The molecule has 0 aliphatic rings. The van der Waals surface area contributed by atoms with Gasteiger partial charge in [-0.3, -0.25) is 34.0 Å². The van der Waals surface area contributed by atoms with Gasteiger partial charge in [-0.2, -0.15) is 0 Å². The van der Waals surface area contributed by atoms with Gasteiger partial charge in [-0.15, -0.1) is 11.6 Å². The minimum Gasteiger partial charge on any atom is -0.512 e. The second-order valence-electron chi connectivity index (χ2n) is 23.5. The molecular formula is C70H76BBr3Cl2F4N12NaO13S2. The predicted octanol–water partition coefficient (Wildman–Crippen LogP) is 10.3. The van der Waals surface area contributed by atoms with Crippen LogP contribution in [-0.4, -0.2) is 99.6 Å². The number of anilines is 6. The quantitative estimate of drug-likeness (QED) is 0.0185. The number of nitrogens with two attached hydrogens (primary N) is 2. The number of carbonyl (C=O) groups excluding carboxylic acids is 1. The van der Waals surface area contributed by atoms with E-state index < -0.39 is 54.0 Å². The number of nitrogens with one attached hydrogen (secondary N) is 2. The summed E-state index contributed by atoms with van der Waals surface area (Å²) in [6, 6.07) is 23.6. The van der Waals surface area contributed by atoms with Crippen molar-refractivity contribution in [1.82, 2.24) is 22.8 Å². The summed E-state index contributed by atoms with van der Waals surface area (Å²) in [5, 5.41) is 9.44. The normalized spacial score (nSPS) is 10.4. The minimum atomic E-state index is -3.77. The predicted molar refractivity (Wildman–Crippen MR) is 426 cm³/mol. The summed E-state index contributed by atoms with van der Waals surface area (Å²) in [7, 11) is 13.1. The first-order valence-electron chi connectivity index (χ1n) is 30.5. The first-order chi connectivity index (χ1) is 49.3. The van der Waals surface area contributed by atoms with Crippen LogP contribution in [0.25, 0.3) is 22.3 Å². The third-order valence-corrected chi connectivity index (χ3v) is 17.3. The van der Waals surface area contributed by atoms with Crippen LogP contribution in [0.1, 0.15) is 33.3 Å². The van der Waals surface area contributed by atoms with Gasteiger partial charge in [0.2, 0.25) is 9.05 Å². The zero-order valence-corrected chi connectivity index (χ0v) is 70.8. The Labute approximate surface area is 681 Å². The van der Waals surface area contributed by atoms with Gasteiger partial charge in [-0.05, 0) is 166 Å². The number of ether oxygens (including phenoxy) is 3. The van der Waals surface area contributed by atoms with Crippen molar-refractivity contribution in [3.05, 3.63) is 247 Å². The Morgan fingerprint density at radius 3 is 1.46 bits per heavy atom. The molecule has 0 unspecified atom stereocenters. The number of sulfonamides is 1. The zero-order valence-electron chi connectivity index (χ0n) is 60.9. The Kier molecular flexibility index (Phi) is 39.9. The Bertz CT molecular complexity index is 5200. The van der Waals surface area contributed by atoms with E-state index in [0.717, 1.165) is 38.6 Å². The number of rotatable bonds is 15. The van der Waals surface area contributed by atoms with Crippen LogP contribution in [0.2, 0.25) is 0 Å². The van der Waals surface area contributed by atoms with Crippen LogP contribution in [-0.2, 0) is 65.5 Å². The fraction of sp³-hybridized carbons (Fsp3) is 0.243. The van der Waals surface area contributed by atoms with Gasteiger partial charge in [0.15, 0.2) is 23.1 Å². The molecule has 0 aliphatic heterocycles. The summed E-state index contributed by atoms with van der Waals surface area (Å²) in [5.41, 5.74) is 15.0. The number of aromatic nitrogens is 5. The fourth-order valence-electron chi connectivity index (χ4n) is 8.61. The number of benzene rings is 4. The number of alkyl halides is 1. The average Bonchev–Trinajstić information content (AvgIpc) is 0.792. The van der Waals surface area contributed by atoms with Crippen LogP contribution in [0, 0.1) is 35.1 Å². The van der Waals surface area contributed by atoms with Gasteiger partial charge in [0, 0.05) is 190 Å². The Balaban J connectivity index is 0.000000685. The van der Waals surface area contributed by atoms with E-state index in [1.54, 1.807) is 152 Å². The van der Waals surface area contributed by atoms with Gasteiger partial charge in [-0.1, -0.05) is 13.5 Å². The van der Waals surface area contributed by atoms with Gasteiger partial charge in [0.05, 0.1) is 11.4 Å².